The molecule has 0 saturated carbocycles. The first kappa shape index (κ1) is 25.4. The number of aliphatic carboxylic acids is 1. The average Bonchev–Trinajstić information content (AvgIpc) is 3.48. The quantitative estimate of drug-likeness (QED) is 0.122. The van der Waals surface area contributed by atoms with E-state index < -0.39 is 34.9 Å². The Balaban J connectivity index is 1.32. The Kier molecular flexibility index (Phi) is 6.86. The summed E-state index contributed by atoms with van der Waals surface area (Å²) >= 11 is 2.31. The Labute approximate surface area is 223 Å². The van der Waals surface area contributed by atoms with E-state index in [0.29, 0.717) is 30.7 Å². The number of carboxylic acid groups (broad SMARTS) is 1. The van der Waals surface area contributed by atoms with Gasteiger partial charge >= 0.3 is 5.97 Å². The zero-order valence-corrected chi connectivity index (χ0v) is 21.2. The van der Waals surface area contributed by atoms with Crippen LogP contribution in [-0.4, -0.2) is 83.2 Å². The smallest absolute Gasteiger partial charge is 0.352 e. The summed E-state index contributed by atoms with van der Waals surface area (Å²) in [5.41, 5.74) is 6.67. The maximum Gasteiger partial charge on any atom is 0.352 e. The standard InChI is InChI=1S/C23H21N7O6S2/c24-23-26-14(10-38-23)15(28-36)18(31)27-16-20(33)30-17(22(34)35)13(9-37-21(16)30)6-12-3-5-29(19(12)32)8-11-2-1-4-25-7-11/h1-2,4,6-7,10,16,21,36H,3,5,8-9H2,(H2,24,26)(H,27,31)(H,34,35)/b12-6+,28-15-/t16-,21-/m1/s1. The van der Waals surface area contributed by atoms with Crippen molar-refractivity contribution < 1.29 is 29.5 Å². The number of hydrogen-bond donors (Lipinski definition) is 4. The van der Waals surface area contributed by atoms with Crippen LogP contribution in [0.15, 0.2) is 58.0 Å². The molecule has 5 N–H and O–H groups in total. The van der Waals surface area contributed by atoms with Crippen molar-refractivity contribution in [2.75, 3.05) is 18.0 Å². The Bertz CT molecular complexity index is 1420. The van der Waals surface area contributed by atoms with E-state index in [9.17, 15) is 29.5 Å². The molecule has 196 valence electrons. The lowest BCUT2D eigenvalue weighted by Crippen LogP contribution is -2.71. The second-order valence-electron chi connectivity index (χ2n) is 8.57. The molecule has 2 fully saturated rings. The van der Waals surface area contributed by atoms with Crippen molar-refractivity contribution in [2.24, 2.45) is 5.16 Å². The van der Waals surface area contributed by atoms with E-state index in [2.05, 4.69) is 20.4 Å². The molecular weight excluding hydrogens is 534 g/mol. The first-order chi connectivity index (χ1) is 18.3. The zero-order valence-electron chi connectivity index (χ0n) is 19.6. The van der Waals surface area contributed by atoms with Gasteiger partial charge in [-0.1, -0.05) is 11.2 Å². The van der Waals surface area contributed by atoms with E-state index >= 15 is 0 Å². The molecule has 38 heavy (non-hydrogen) atoms. The van der Waals surface area contributed by atoms with Gasteiger partial charge in [0.2, 0.25) is 5.91 Å². The van der Waals surface area contributed by atoms with Crippen molar-refractivity contribution in [3.8, 4) is 0 Å². The molecular formula is C23H21N7O6S2. The molecule has 0 unspecified atom stereocenters. The Morgan fingerprint density at radius 2 is 2.16 bits per heavy atom. The number of pyridine rings is 1. The topological polar surface area (TPSA) is 191 Å². The molecule has 0 aliphatic carbocycles. The predicted octanol–water partition coefficient (Wildman–Crippen LogP) is 0.396. The van der Waals surface area contributed by atoms with Crippen LogP contribution >= 0.6 is 23.1 Å². The zero-order chi connectivity index (χ0) is 27.0. The minimum absolute atomic E-state index is 0.0475. The van der Waals surface area contributed by atoms with Crippen LogP contribution in [0, 0.1) is 0 Å². The predicted molar refractivity (Wildman–Crippen MR) is 137 cm³/mol. The highest BCUT2D eigenvalue weighted by Gasteiger charge is 2.54. The molecule has 2 saturated heterocycles. The molecule has 0 radical (unpaired) electrons. The first-order valence-corrected chi connectivity index (χ1v) is 13.3. The lowest BCUT2D eigenvalue weighted by molar-refractivity contribution is -0.150. The number of thioether (sulfide) groups is 1. The van der Waals surface area contributed by atoms with Gasteiger partial charge in [0.05, 0.1) is 0 Å². The van der Waals surface area contributed by atoms with E-state index in [1.165, 1.54) is 17.1 Å². The highest BCUT2D eigenvalue weighted by atomic mass is 32.2. The van der Waals surface area contributed by atoms with Crippen molar-refractivity contribution in [3.05, 3.63) is 64.1 Å². The highest BCUT2D eigenvalue weighted by Crippen LogP contribution is 2.41. The van der Waals surface area contributed by atoms with Crippen molar-refractivity contribution in [3.63, 3.8) is 0 Å². The number of hydrogen-bond acceptors (Lipinski definition) is 11. The number of likely N-dealkylation sites (tertiary alicyclic amines) is 1. The van der Waals surface area contributed by atoms with E-state index in [1.807, 2.05) is 6.07 Å². The fraction of sp³-hybridized carbons (Fsp3) is 0.261. The third-order valence-corrected chi connectivity index (χ3v) is 8.20. The van der Waals surface area contributed by atoms with Gasteiger partial charge in [-0.2, -0.15) is 0 Å². The lowest BCUT2D eigenvalue weighted by atomic mass is 10.0. The largest absolute Gasteiger partial charge is 0.477 e. The van der Waals surface area contributed by atoms with Gasteiger partial charge in [-0.15, -0.1) is 23.1 Å². The van der Waals surface area contributed by atoms with Crippen LogP contribution in [0.4, 0.5) is 5.13 Å². The number of carbonyl (C=O) groups excluding carboxylic acids is 3. The molecule has 0 aromatic carbocycles. The maximum absolute atomic E-state index is 13.0. The summed E-state index contributed by atoms with van der Waals surface area (Å²) < 4.78 is 0. The number of carboxylic acids is 1. The molecule has 0 spiro atoms. The van der Waals surface area contributed by atoms with E-state index in [-0.39, 0.29) is 28.2 Å². The van der Waals surface area contributed by atoms with Gasteiger partial charge in [0, 0.05) is 42.2 Å². The number of thiazole rings is 1. The molecule has 2 atom stereocenters. The summed E-state index contributed by atoms with van der Waals surface area (Å²) in [5.74, 6) is -2.78. The third-order valence-electron chi connectivity index (χ3n) is 6.22. The third kappa shape index (κ3) is 4.61. The lowest BCUT2D eigenvalue weighted by Gasteiger charge is -2.49. The van der Waals surface area contributed by atoms with Gasteiger partial charge in [-0.05, 0) is 29.7 Å². The van der Waals surface area contributed by atoms with Gasteiger partial charge in [-0.3, -0.25) is 24.3 Å². The van der Waals surface area contributed by atoms with Crippen LogP contribution in [0.5, 0.6) is 0 Å². The van der Waals surface area contributed by atoms with Crippen LogP contribution in [0.1, 0.15) is 17.7 Å². The average molecular weight is 556 g/mol. The van der Waals surface area contributed by atoms with E-state index in [4.69, 9.17) is 5.73 Å². The minimum atomic E-state index is -1.31. The Morgan fingerprint density at radius 3 is 2.82 bits per heavy atom. The SMILES string of the molecule is Nc1nc(/C(=N/O)C(=O)N[C@@H]2C(=O)N3C(C(=O)O)=C(/C=C4\CCN(Cc5cccnc5)C4=O)CS[C@H]23)cs1. The van der Waals surface area contributed by atoms with Gasteiger partial charge in [0.15, 0.2) is 10.8 Å². The minimum Gasteiger partial charge on any atom is -0.477 e. The van der Waals surface area contributed by atoms with Crippen LogP contribution in [0.2, 0.25) is 0 Å². The van der Waals surface area contributed by atoms with Gasteiger partial charge in [-0.25, -0.2) is 9.78 Å². The second kappa shape index (κ2) is 10.3. The molecule has 5 heterocycles. The highest BCUT2D eigenvalue weighted by molar-refractivity contribution is 8.00. The second-order valence-corrected chi connectivity index (χ2v) is 10.6. The number of nitrogen functional groups attached to an aromatic ring is 1. The van der Waals surface area contributed by atoms with Crippen LogP contribution < -0.4 is 11.1 Å². The molecule has 2 aromatic heterocycles. The number of carbonyl (C=O) groups is 4. The van der Waals surface area contributed by atoms with Gasteiger partial charge in [0.25, 0.3) is 11.8 Å². The number of nitrogens with two attached hydrogens (primary N) is 1. The number of aromatic nitrogens is 2. The number of β-lactam (4-membered cyclic amide) rings is 1. The number of rotatable bonds is 7. The van der Waals surface area contributed by atoms with E-state index in [0.717, 1.165) is 21.8 Å². The monoisotopic (exact) mass is 555 g/mol. The van der Waals surface area contributed by atoms with Crippen molar-refractivity contribution >= 4 is 57.6 Å². The molecule has 3 amide bonds. The fourth-order valence-corrected chi connectivity index (χ4v) is 6.30. The van der Waals surface area contributed by atoms with E-state index in [1.54, 1.807) is 29.4 Å². The normalized spacial score (nSPS) is 22.5. The molecule has 5 rings (SSSR count). The van der Waals surface area contributed by atoms with Gasteiger partial charge < -0.3 is 26.3 Å². The number of amides is 3. The number of allylic oxidation sites excluding steroid dienone is 1. The number of anilines is 1. The Hall–Kier alpha value is -4.24. The summed E-state index contributed by atoms with van der Waals surface area (Å²) in [5, 5.41) is 25.6. The number of oxime groups is 1. The van der Waals surface area contributed by atoms with Crippen LogP contribution in [0.25, 0.3) is 0 Å². The van der Waals surface area contributed by atoms with Crippen molar-refractivity contribution in [1.29, 1.82) is 0 Å². The maximum atomic E-state index is 13.0. The fourth-order valence-electron chi connectivity index (χ4n) is 4.45. The Morgan fingerprint density at radius 1 is 1.34 bits per heavy atom. The molecule has 13 nitrogen and oxygen atoms in total. The van der Waals surface area contributed by atoms with Crippen LogP contribution in [0.3, 0.4) is 0 Å². The molecule has 2 aromatic rings. The van der Waals surface area contributed by atoms with Gasteiger partial charge in [0.1, 0.15) is 22.8 Å². The summed E-state index contributed by atoms with van der Waals surface area (Å²) in [7, 11) is 0. The number of nitrogens with one attached hydrogen (secondary N) is 1. The van der Waals surface area contributed by atoms with Crippen molar-refractivity contribution in [2.45, 2.75) is 24.4 Å². The summed E-state index contributed by atoms with van der Waals surface area (Å²) in [6.07, 6.45) is 5.34. The molecule has 3 aliphatic rings. The molecule has 0 bridgehead atoms. The molecule has 3 aliphatic heterocycles. The first-order valence-electron chi connectivity index (χ1n) is 11.3. The summed E-state index contributed by atoms with van der Waals surface area (Å²) in [4.78, 5) is 61.5. The molecule has 15 heteroatoms. The number of nitrogens with zero attached hydrogens (tertiary/aromatic N) is 5. The number of fused-ring (bicyclic) bond motifs is 1. The summed E-state index contributed by atoms with van der Waals surface area (Å²) in [6.45, 7) is 0.880. The summed E-state index contributed by atoms with van der Waals surface area (Å²) in [6, 6.07) is 2.63. The van der Waals surface area contributed by atoms with Crippen LogP contribution in [-0.2, 0) is 25.7 Å². The van der Waals surface area contributed by atoms with Crippen molar-refractivity contribution in [1.82, 2.24) is 25.1 Å².